The molecule has 0 fully saturated rings. The highest BCUT2D eigenvalue weighted by Crippen LogP contribution is 2.12. The van der Waals surface area contributed by atoms with E-state index in [9.17, 15) is 0 Å². The molecule has 0 rings (SSSR count). The second-order valence-corrected chi connectivity index (χ2v) is 4.53. The minimum Gasteiger partial charge on any atom is -0.550 e. The summed E-state index contributed by atoms with van der Waals surface area (Å²) in [6.45, 7) is 20.7. The quantitative estimate of drug-likeness (QED) is 0.421. The molecule has 0 aliphatic rings. The summed E-state index contributed by atoms with van der Waals surface area (Å²) in [5, 5.41) is 8.89. The number of carbonyl (C=O) groups is 1. The maximum absolute atomic E-state index is 8.89. The monoisotopic (exact) mass is 287 g/mol. The molecule has 5 heteroatoms. The Morgan fingerprint density at radius 1 is 1.00 bits per heavy atom. The molecular weight excluding hydrogens is 254 g/mol. The van der Waals surface area contributed by atoms with E-state index >= 15 is 0 Å². The van der Waals surface area contributed by atoms with E-state index in [-0.39, 0.29) is 0 Å². The Kier molecular flexibility index (Phi) is 12.4. The summed E-state index contributed by atoms with van der Waals surface area (Å²) in [4.78, 5) is 16.1. The summed E-state index contributed by atoms with van der Waals surface area (Å²) < 4.78 is 1.01. The van der Waals surface area contributed by atoms with Crippen LogP contribution in [0.3, 0.4) is 0 Å². The van der Waals surface area contributed by atoms with Gasteiger partial charge in [-0.15, -0.1) is 0 Å². The summed E-state index contributed by atoms with van der Waals surface area (Å²) in [6.07, 6.45) is 0. The molecule has 0 saturated carbocycles. The van der Waals surface area contributed by atoms with Crippen LogP contribution in [0.2, 0.25) is 0 Å². The van der Waals surface area contributed by atoms with Crippen LogP contribution in [0.15, 0.2) is 4.99 Å². The van der Waals surface area contributed by atoms with Crippen LogP contribution in [0.25, 0.3) is 0 Å². The minimum atomic E-state index is -1.08. The van der Waals surface area contributed by atoms with Gasteiger partial charge in [-0.25, -0.2) is 4.99 Å². The summed E-state index contributed by atoms with van der Waals surface area (Å²) in [7, 11) is 0. The van der Waals surface area contributed by atoms with Gasteiger partial charge in [0.15, 0.2) is 0 Å². The Morgan fingerprint density at radius 2 is 1.35 bits per heavy atom. The van der Waals surface area contributed by atoms with Gasteiger partial charge in [-0.2, -0.15) is 0 Å². The highest BCUT2D eigenvalue weighted by atomic mass is 16.4. The third-order valence-corrected chi connectivity index (χ3v) is 3.59. The van der Waals surface area contributed by atoms with E-state index in [0.717, 1.165) is 50.7 Å². The third kappa shape index (κ3) is 6.89. The first-order valence-corrected chi connectivity index (χ1v) is 7.72. The van der Waals surface area contributed by atoms with E-state index < -0.39 is 5.97 Å². The molecule has 0 aromatic heterocycles. The molecule has 0 aliphatic heterocycles. The number of carbonyl (C=O) groups excluding carboxylic acids is 1. The van der Waals surface area contributed by atoms with Crippen LogP contribution in [-0.4, -0.2) is 60.6 Å². The molecule has 0 aromatic rings. The Balaban J connectivity index is 0. The van der Waals surface area contributed by atoms with Gasteiger partial charge in [0, 0.05) is 25.6 Å². The lowest BCUT2D eigenvalue weighted by Crippen LogP contribution is -2.59. The van der Waals surface area contributed by atoms with Gasteiger partial charge in [0.05, 0.1) is 19.6 Å². The fraction of sp³-hybridized carbons (Fsp3) is 0.867. The van der Waals surface area contributed by atoms with Crippen LogP contribution in [0.1, 0.15) is 48.5 Å². The Bertz CT molecular complexity index is 271. The number of carboxylic acid groups (broad SMARTS) is 1. The SMILES string of the molecule is CC(=O)[O-].CC/N=C(\N(CC)CC)[N+](CC)(CC)CC. The van der Waals surface area contributed by atoms with E-state index in [1.807, 2.05) is 0 Å². The van der Waals surface area contributed by atoms with E-state index in [4.69, 9.17) is 14.9 Å². The fourth-order valence-electron chi connectivity index (χ4n) is 2.29. The predicted octanol–water partition coefficient (Wildman–Crippen LogP) is 1.34. The Morgan fingerprint density at radius 3 is 1.55 bits per heavy atom. The van der Waals surface area contributed by atoms with Crippen LogP contribution in [0.5, 0.6) is 0 Å². The van der Waals surface area contributed by atoms with Gasteiger partial charge < -0.3 is 14.8 Å². The molecule has 0 heterocycles. The molecule has 0 aromatic carbocycles. The van der Waals surface area contributed by atoms with Crippen molar-refractivity contribution in [2.75, 3.05) is 39.3 Å². The van der Waals surface area contributed by atoms with E-state index in [1.165, 1.54) is 5.96 Å². The Hall–Kier alpha value is -1.10. The summed E-state index contributed by atoms with van der Waals surface area (Å²) in [6, 6.07) is 0. The van der Waals surface area contributed by atoms with Crippen molar-refractivity contribution >= 4 is 11.9 Å². The van der Waals surface area contributed by atoms with Gasteiger partial charge in [0.1, 0.15) is 0 Å². The van der Waals surface area contributed by atoms with E-state index in [1.54, 1.807) is 0 Å². The molecule has 0 unspecified atom stereocenters. The number of hydrogen-bond donors (Lipinski definition) is 0. The fourth-order valence-corrected chi connectivity index (χ4v) is 2.29. The predicted molar refractivity (Wildman–Crippen MR) is 83.5 cm³/mol. The molecule has 0 N–H and O–H groups in total. The van der Waals surface area contributed by atoms with Gasteiger partial charge in [-0.3, -0.25) is 4.48 Å². The number of aliphatic carboxylic acids is 1. The molecule has 0 radical (unpaired) electrons. The molecule has 0 aliphatic carbocycles. The van der Waals surface area contributed by atoms with Crippen molar-refractivity contribution in [2.45, 2.75) is 48.5 Å². The first-order chi connectivity index (χ1) is 9.38. The van der Waals surface area contributed by atoms with E-state index in [2.05, 4.69) is 46.4 Å². The standard InChI is InChI=1S/C13H30N3.C2H4O2/c1-7-14-13(15(8-2)9-3)16(10-4,11-5)12-6;1-2(3)4/h7-12H2,1-6H3;1H3,(H,3,4)/q+1;/p-1/b14-13+;. The second kappa shape index (κ2) is 11.7. The number of hydrogen-bond acceptors (Lipinski definition) is 3. The zero-order chi connectivity index (χ0) is 16.2. The van der Waals surface area contributed by atoms with Crippen LogP contribution in [0, 0.1) is 0 Å². The molecule has 5 nitrogen and oxygen atoms in total. The zero-order valence-electron chi connectivity index (χ0n) is 14.4. The molecule has 0 spiro atoms. The van der Waals surface area contributed by atoms with Crippen molar-refractivity contribution in [3.05, 3.63) is 0 Å². The average molecular weight is 287 g/mol. The van der Waals surface area contributed by atoms with Gasteiger partial charge in [0.2, 0.25) is 0 Å². The lowest BCUT2D eigenvalue weighted by molar-refractivity contribution is -0.841. The number of aliphatic imine (C=N–C) groups is 1. The van der Waals surface area contributed by atoms with Crippen LogP contribution < -0.4 is 5.11 Å². The third-order valence-electron chi connectivity index (χ3n) is 3.59. The number of guanidine groups is 1. The summed E-state index contributed by atoms with van der Waals surface area (Å²) in [5.41, 5.74) is 0. The molecular formula is C15H33N3O2. The molecule has 0 atom stereocenters. The van der Waals surface area contributed by atoms with Crippen molar-refractivity contribution in [3.63, 3.8) is 0 Å². The highest BCUT2D eigenvalue weighted by molar-refractivity contribution is 5.73. The number of nitrogens with zero attached hydrogens (tertiary/aromatic N) is 3. The van der Waals surface area contributed by atoms with Crippen molar-refractivity contribution in [3.8, 4) is 0 Å². The average Bonchev–Trinajstić information content (AvgIpc) is 2.42. The topological polar surface area (TPSA) is 55.7 Å². The maximum atomic E-state index is 8.89. The maximum Gasteiger partial charge on any atom is 0.300 e. The van der Waals surface area contributed by atoms with Crippen molar-refractivity contribution in [1.29, 1.82) is 0 Å². The van der Waals surface area contributed by atoms with Gasteiger partial charge in [-0.1, -0.05) is 0 Å². The highest BCUT2D eigenvalue weighted by Gasteiger charge is 2.32. The Labute approximate surface area is 124 Å². The first kappa shape index (κ1) is 21.2. The second-order valence-electron chi connectivity index (χ2n) is 4.53. The number of rotatable bonds is 6. The lowest BCUT2D eigenvalue weighted by atomic mass is 10.3. The minimum absolute atomic E-state index is 0.881. The van der Waals surface area contributed by atoms with Gasteiger partial charge >= 0.3 is 0 Å². The van der Waals surface area contributed by atoms with Gasteiger partial charge in [-0.05, 0) is 48.5 Å². The molecule has 20 heavy (non-hydrogen) atoms. The summed E-state index contributed by atoms with van der Waals surface area (Å²) in [5.74, 6) is 0.194. The zero-order valence-corrected chi connectivity index (χ0v) is 14.4. The van der Waals surface area contributed by atoms with E-state index in [0.29, 0.717) is 0 Å². The largest absolute Gasteiger partial charge is 0.550 e. The van der Waals surface area contributed by atoms with Gasteiger partial charge in [0.25, 0.3) is 5.96 Å². The van der Waals surface area contributed by atoms with Crippen molar-refractivity contribution < 1.29 is 14.4 Å². The smallest absolute Gasteiger partial charge is 0.300 e. The number of quaternary nitrogens is 1. The summed E-state index contributed by atoms with van der Waals surface area (Å²) >= 11 is 0. The normalized spacial score (nSPS) is 11.7. The molecule has 0 saturated heterocycles. The lowest BCUT2D eigenvalue weighted by Gasteiger charge is -2.39. The van der Waals surface area contributed by atoms with Crippen LogP contribution in [-0.2, 0) is 4.79 Å². The van der Waals surface area contributed by atoms with Crippen molar-refractivity contribution in [2.24, 2.45) is 4.99 Å². The number of carboxylic acids is 1. The van der Waals surface area contributed by atoms with Crippen LogP contribution in [0.4, 0.5) is 0 Å². The van der Waals surface area contributed by atoms with Crippen LogP contribution >= 0.6 is 0 Å². The molecule has 120 valence electrons. The molecule has 0 amide bonds. The molecule has 0 bridgehead atoms. The van der Waals surface area contributed by atoms with Crippen molar-refractivity contribution in [1.82, 2.24) is 4.90 Å². The first-order valence-electron chi connectivity index (χ1n) is 7.72.